The van der Waals surface area contributed by atoms with E-state index in [2.05, 4.69) is 9.55 Å². The van der Waals surface area contributed by atoms with Gasteiger partial charge in [-0.25, -0.2) is 13.8 Å². The SMILES string of the molecule is Cc1ncc2n1CCC(C(=O)N(CC(F)F)C1CC1)C2. The molecule has 1 aromatic rings. The molecule has 1 aromatic heterocycles. The minimum atomic E-state index is -2.45. The maximum absolute atomic E-state index is 12.6. The molecule has 110 valence electrons. The van der Waals surface area contributed by atoms with E-state index in [9.17, 15) is 13.6 Å². The fourth-order valence-corrected chi connectivity index (χ4v) is 3.02. The first-order valence-electron chi connectivity index (χ1n) is 7.16. The van der Waals surface area contributed by atoms with Crippen molar-refractivity contribution in [2.75, 3.05) is 6.54 Å². The number of nitrogens with zero attached hydrogens (tertiary/aromatic N) is 3. The summed E-state index contributed by atoms with van der Waals surface area (Å²) in [5.74, 6) is 0.688. The lowest BCUT2D eigenvalue weighted by Crippen LogP contribution is -2.42. The van der Waals surface area contributed by atoms with Crippen LogP contribution in [0.15, 0.2) is 6.20 Å². The van der Waals surface area contributed by atoms with Crippen LogP contribution in [0.1, 0.15) is 30.8 Å². The first-order valence-corrected chi connectivity index (χ1v) is 7.16. The van der Waals surface area contributed by atoms with Gasteiger partial charge >= 0.3 is 0 Å². The van der Waals surface area contributed by atoms with E-state index in [0.29, 0.717) is 6.42 Å². The lowest BCUT2D eigenvalue weighted by Gasteiger charge is -2.30. The van der Waals surface area contributed by atoms with Gasteiger partial charge in [0.15, 0.2) is 0 Å². The van der Waals surface area contributed by atoms with Gasteiger partial charge in [0.25, 0.3) is 6.43 Å². The number of amides is 1. The van der Waals surface area contributed by atoms with E-state index < -0.39 is 13.0 Å². The normalized spacial score (nSPS) is 21.9. The van der Waals surface area contributed by atoms with Crippen LogP contribution >= 0.6 is 0 Å². The number of aromatic nitrogens is 2. The van der Waals surface area contributed by atoms with Crippen molar-refractivity contribution in [3.63, 3.8) is 0 Å². The minimum Gasteiger partial charge on any atom is -0.334 e. The molecule has 0 N–H and O–H groups in total. The lowest BCUT2D eigenvalue weighted by atomic mass is 9.94. The summed E-state index contributed by atoms with van der Waals surface area (Å²) in [5.41, 5.74) is 1.04. The first-order chi connectivity index (χ1) is 9.56. The molecule has 1 aliphatic heterocycles. The van der Waals surface area contributed by atoms with E-state index in [4.69, 9.17) is 0 Å². The van der Waals surface area contributed by atoms with Crippen molar-refractivity contribution in [2.45, 2.75) is 51.6 Å². The summed E-state index contributed by atoms with van der Waals surface area (Å²) < 4.78 is 27.4. The number of alkyl halides is 2. The highest BCUT2D eigenvalue weighted by Gasteiger charge is 2.38. The standard InChI is InChI=1S/C14H19F2N3O/c1-9-17-7-12-6-10(4-5-18(9)12)14(20)19(8-13(15)16)11-2-3-11/h7,10-11,13H,2-6,8H2,1H3. The fraction of sp³-hybridized carbons (Fsp3) is 0.714. The second kappa shape index (κ2) is 5.14. The third-order valence-corrected chi connectivity index (χ3v) is 4.25. The molecule has 0 spiro atoms. The molecule has 1 saturated carbocycles. The molecule has 1 atom stereocenters. The molecule has 2 heterocycles. The second-order valence-corrected chi connectivity index (χ2v) is 5.75. The Morgan fingerprint density at radius 2 is 2.25 bits per heavy atom. The van der Waals surface area contributed by atoms with Crippen molar-refractivity contribution in [1.82, 2.24) is 14.5 Å². The molecule has 1 fully saturated rings. The predicted octanol–water partition coefficient (Wildman–Crippen LogP) is 2.01. The predicted molar refractivity (Wildman–Crippen MR) is 69.5 cm³/mol. The Morgan fingerprint density at radius 3 is 2.90 bits per heavy atom. The lowest BCUT2D eigenvalue weighted by molar-refractivity contribution is -0.138. The zero-order valence-electron chi connectivity index (χ0n) is 11.6. The van der Waals surface area contributed by atoms with Crippen molar-refractivity contribution in [3.05, 3.63) is 17.7 Å². The van der Waals surface area contributed by atoms with E-state index in [-0.39, 0.29) is 17.9 Å². The number of imidazole rings is 1. The Hall–Kier alpha value is -1.46. The van der Waals surface area contributed by atoms with Crippen LogP contribution in [-0.4, -0.2) is 39.4 Å². The molecule has 0 bridgehead atoms. The maximum Gasteiger partial charge on any atom is 0.255 e. The summed E-state index contributed by atoms with van der Waals surface area (Å²) in [4.78, 5) is 18.2. The number of hydrogen-bond acceptors (Lipinski definition) is 2. The zero-order chi connectivity index (χ0) is 14.3. The van der Waals surface area contributed by atoms with E-state index in [1.54, 1.807) is 6.20 Å². The molecule has 1 amide bonds. The molecule has 1 aliphatic carbocycles. The Labute approximate surface area is 116 Å². The third kappa shape index (κ3) is 2.55. The van der Waals surface area contributed by atoms with Crippen LogP contribution < -0.4 is 0 Å². The molecule has 2 aliphatic rings. The van der Waals surface area contributed by atoms with Crippen molar-refractivity contribution in [3.8, 4) is 0 Å². The Balaban J connectivity index is 1.71. The van der Waals surface area contributed by atoms with Crippen molar-refractivity contribution in [1.29, 1.82) is 0 Å². The quantitative estimate of drug-likeness (QED) is 0.848. The van der Waals surface area contributed by atoms with Crippen LogP contribution in [0.5, 0.6) is 0 Å². The third-order valence-electron chi connectivity index (χ3n) is 4.25. The monoisotopic (exact) mass is 283 g/mol. The molecule has 0 aromatic carbocycles. The average molecular weight is 283 g/mol. The van der Waals surface area contributed by atoms with E-state index in [1.165, 1.54) is 4.90 Å². The average Bonchev–Trinajstić information content (AvgIpc) is 3.20. The first kappa shape index (κ1) is 13.5. The fourth-order valence-electron chi connectivity index (χ4n) is 3.02. The summed E-state index contributed by atoms with van der Waals surface area (Å²) >= 11 is 0. The Kier molecular flexibility index (Phi) is 3.48. The molecule has 4 nitrogen and oxygen atoms in total. The molecule has 0 saturated heterocycles. The van der Waals surface area contributed by atoms with Crippen LogP contribution in [0, 0.1) is 12.8 Å². The second-order valence-electron chi connectivity index (χ2n) is 5.75. The number of fused-ring (bicyclic) bond motifs is 1. The maximum atomic E-state index is 12.6. The van der Waals surface area contributed by atoms with Crippen LogP contribution in [-0.2, 0) is 17.8 Å². The van der Waals surface area contributed by atoms with Gasteiger partial charge in [-0.1, -0.05) is 0 Å². The minimum absolute atomic E-state index is 0.0464. The van der Waals surface area contributed by atoms with Crippen LogP contribution in [0.2, 0.25) is 0 Å². The smallest absolute Gasteiger partial charge is 0.255 e. The Morgan fingerprint density at radius 1 is 1.50 bits per heavy atom. The summed E-state index contributed by atoms with van der Waals surface area (Å²) in [6.45, 7) is 2.28. The molecule has 0 radical (unpaired) electrons. The number of carbonyl (C=O) groups is 1. The molecule has 6 heteroatoms. The molecule has 1 unspecified atom stereocenters. The van der Waals surface area contributed by atoms with Gasteiger partial charge < -0.3 is 9.47 Å². The van der Waals surface area contributed by atoms with E-state index in [1.807, 2.05) is 6.92 Å². The van der Waals surface area contributed by atoms with Gasteiger partial charge in [-0.2, -0.15) is 0 Å². The van der Waals surface area contributed by atoms with Gasteiger partial charge in [-0.05, 0) is 26.2 Å². The van der Waals surface area contributed by atoms with E-state index in [0.717, 1.165) is 37.3 Å². The Bertz CT molecular complexity index is 511. The van der Waals surface area contributed by atoms with Crippen LogP contribution in [0.25, 0.3) is 0 Å². The van der Waals surface area contributed by atoms with Gasteiger partial charge in [-0.15, -0.1) is 0 Å². The largest absolute Gasteiger partial charge is 0.334 e. The molecular formula is C14H19F2N3O. The van der Waals surface area contributed by atoms with Gasteiger partial charge in [0.05, 0.1) is 6.54 Å². The summed E-state index contributed by atoms with van der Waals surface area (Å²) in [7, 11) is 0. The van der Waals surface area contributed by atoms with Crippen molar-refractivity contribution < 1.29 is 13.6 Å². The highest BCUT2D eigenvalue weighted by molar-refractivity contribution is 5.80. The van der Waals surface area contributed by atoms with Crippen molar-refractivity contribution >= 4 is 5.91 Å². The van der Waals surface area contributed by atoms with E-state index >= 15 is 0 Å². The molecule has 3 rings (SSSR count). The van der Waals surface area contributed by atoms with Crippen LogP contribution in [0.3, 0.4) is 0 Å². The van der Waals surface area contributed by atoms with Crippen molar-refractivity contribution in [2.24, 2.45) is 5.92 Å². The molecular weight excluding hydrogens is 264 g/mol. The number of halogens is 2. The summed E-state index contributed by atoms with van der Waals surface area (Å²) in [6.07, 6.45) is 2.41. The van der Waals surface area contributed by atoms with Crippen LogP contribution in [0.4, 0.5) is 8.78 Å². The van der Waals surface area contributed by atoms with Gasteiger partial charge in [0, 0.05) is 36.8 Å². The summed E-state index contributed by atoms with van der Waals surface area (Å²) in [6, 6.07) is 0.0464. The number of rotatable bonds is 4. The highest BCUT2D eigenvalue weighted by Crippen LogP contribution is 2.31. The highest BCUT2D eigenvalue weighted by atomic mass is 19.3. The number of carbonyl (C=O) groups excluding carboxylic acids is 1. The van der Waals surface area contributed by atoms with Gasteiger partial charge in [0.2, 0.25) is 5.91 Å². The van der Waals surface area contributed by atoms with Gasteiger partial charge in [-0.3, -0.25) is 4.79 Å². The topological polar surface area (TPSA) is 38.1 Å². The molecule has 20 heavy (non-hydrogen) atoms. The summed E-state index contributed by atoms with van der Waals surface area (Å²) in [5, 5.41) is 0. The van der Waals surface area contributed by atoms with Gasteiger partial charge in [0.1, 0.15) is 5.82 Å². The number of hydrogen-bond donors (Lipinski definition) is 0. The number of aryl methyl sites for hydroxylation is 1. The zero-order valence-corrected chi connectivity index (χ0v) is 11.6.